The molecule has 1 heterocycles. The van der Waals surface area contributed by atoms with E-state index in [-0.39, 0.29) is 29.7 Å². The van der Waals surface area contributed by atoms with Gasteiger partial charge in [0.05, 0.1) is 17.7 Å². The number of hydrogen-bond acceptors (Lipinski definition) is 7. The topological polar surface area (TPSA) is 142 Å². The third-order valence-electron chi connectivity index (χ3n) is 3.87. The molecular weight excluding hydrogens is 308 g/mol. The highest BCUT2D eigenvalue weighted by Gasteiger charge is 2.32. The van der Waals surface area contributed by atoms with Gasteiger partial charge >= 0.3 is 5.97 Å². The molecule has 1 aliphatic rings. The number of ketones is 1. The predicted molar refractivity (Wildman–Crippen MR) is 74.7 cm³/mol. The molecule has 1 aliphatic carbocycles. The summed E-state index contributed by atoms with van der Waals surface area (Å²) in [5.74, 6) is -4.68. The molecule has 0 saturated carbocycles. The fourth-order valence-electron chi connectivity index (χ4n) is 2.72. The minimum absolute atomic E-state index is 0.0294. The van der Waals surface area contributed by atoms with Gasteiger partial charge in [0, 0.05) is 11.6 Å². The number of rotatable bonds is 2. The van der Waals surface area contributed by atoms with Crippen LogP contribution < -0.4 is 5.43 Å². The third kappa shape index (κ3) is 2.07. The first kappa shape index (κ1) is 14.8. The summed E-state index contributed by atoms with van der Waals surface area (Å²) in [6.45, 7) is 0. The number of hydrogen-bond donors (Lipinski definition) is 3. The maximum Gasteiger partial charge on any atom is 0.340 e. The SMILES string of the molecule is O=CC1Cc2c(oc3cc(O)c(O)c(C(=O)O)c3c2=O)CC1=O. The number of fused-ring (bicyclic) bond motifs is 2. The van der Waals surface area contributed by atoms with Crippen molar-refractivity contribution in [3.63, 3.8) is 0 Å². The van der Waals surface area contributed by atoms with Crippen molar-refractivity contribution >= 4 is 29.0 Å². The first-order valence-electron chi connectivity index (χ1n) is 6.60. The Kier molecular flexibility index (Phi) is 3.17. The number of phenols is 2. The van der Waals surface area contributed by atoms with Crippen LogP contribution in [0.2, 0.25) is 0 Å². The Bertz CT molecular complexity index is 937. The van der Waals surface area contributed by atoms with Crippen molar-refractivity contribution in [2.75, 3.05) is 0 Å². The van der Waals surface area contributed by atoms with E-state index in [2.05, 4.69) is 0 Å². The number of carboxylic acid groups (broad SMARTS) is 1. The number of phenolic OH excluding ortho intramolecular Hbond substituents is 1. The molecule has 0 fully saturated rings. The predicted octanol–water partition coefficient (Wildman–Crippen LogP) is 0.385. The largest absolute Gasteiger partial charge is 0.504 e. The Morgan fingerprint density at radius 1 is 1.30 bits per heavy atom. The van der Waals surface area contributed by atoms with E-state index < -0.39 is 45.5 Å². The quantitative estimate of drug-likeness (QED) is 0.410. The maximum absolute atomic E-state index is 12.6. The summed E-state index contributed by atoms with van der Waals surface area (Å²) < 4.78 is 5.38. The summed E-state index contributed by atoms with van der Waals surface area (Å²) in [6.07, 6.45) is -0.0219. The zero-order valence-corrected chi connectivity index (χ0v) is 11.5. The zero-order valence-electron chi connectivity index (χ0n) is 11.5. The standard InChI is InChI=1S/C15H10O8/c16-4-5-1-6-9(2-7(5)17)23-10-3-8(18)14(20)12(15(21)22)11(10)13(6)19/h3-5,18,20H,1-2H2,(H,21,22). The van der Waals surface area contributed by atoms with Gasteiger partial charge in [0.15, 0.2) is 22.7 Å². The Labute approximate surface area is 127 Å². The van der Waals surface area contributed by atoms with E-state index in [1.54, 1.807) is 0 Å². The second kappa shape index (κ2) is 4.94. The lowest BCUT2D eigenvalue weighted by atomic mass is 9.86. The van der Waals surface area contributed by atoms with Crippen LogP contribution in [0.4, 0.5) is 0 Å². The molecule has 2 aromatic rings. The molecule has 0 aliphatic heterocycles. The molecule has 0 spiro atoms. The molecule has 1 aromatic carbocycles. The maximum atomic E-state index is 12.6. The van der Waals surface area contributed by atoms with Crippen LogP contribution in [0.5, 0.6) is 11.5 Å². The Hall–Kier alpha value is -3.16. The van der Waals surface area contributed by atoms with Crippen LogP contribution >= 0.6 is 0 Å². The first-order chi connectivity index (χ1) is 10.8. The summed E-state index contributed by atoms with van der Waals surface area (Å²) in [4.78, 5) is 46.6. The first-order valence-corrected chi connectivity index (χ1v) is 6.60. The number of carboxylic acids is 1. The minimum atomic E-state index is -1.62. The lowest BCUT2D eigenvalue weighted by molar-refractivity contribution is -0.127. The second-order valence-corrected chi connectivity index (χ2v) is 5.22. The van der Waals surface area contributed by atoms with Crippen molar-refractivity contribution in [3.8, 4) is 11.5 Å². The fraction of sp³-hybridized carbons (Fsp3) is 0.200. The van der Waals surface area contributed by atoms with E-state index in [1.165, 1.54) is 0 Å². The average molecular weight is 318 g/mol. The minimum Gasteiger partial charge on any atom is -0.504 e. The molecule has 0 bridgehead atoms. The molecule has 3 rings (SSSR count). The van der Waals surface area contributed by atoms with Crippen LogP contribution in [0.3, 0.4) is 0 Å². The molecular formula is C15H10O8. The van der Waals surface area contributed by atoms with Gasteiger partial charge in [-0.3, -0.25) is 9.59 Å². The van der Waals surface area contributed by atoms with Gasteiger partial charge in [0.1, 0.15) is 23.2 Å². The van der Waals surface area contributed by atoms with Crippen molar-refractivity contribution in [2.24, 2.45) is 5.92 Å². The van der Waals surface area contributed by atoms with Crippen LogP contribution in [-0.4, -0.2) is 33.4 Å². The number of aromatic carboxylic acids is 1. The summed E-state index contributed by atoms with van der Waals surface area (Å²) in [6, 6.07) is 0.912. The van der Waals surface area contributed by atoms with E-state index >= 15 is 0 Å². The van der Waals surface area contributed by atoms with Crippen LogP contribution in [0, 0.1) is 5.92 Å². The molecule has 23 heavy (non-hydrogen) atoms. The average Bonchev–Trinajstić information content (AvgIpc) is 2.48. The number of carbonyl (C=O) groups excluding carboxylic acids is 2. The summed E-state index contributed by atoms with van der Waals surface area (Å²) in [7, 11) is 0. The smallest absolute Gasteiger partial charge is 0.340 e. The number of aromatic hydroxyl groups is 2. The van der Waals surface area contributed by atoms with E-state index in [4.69, 9.17) is 4.42 Å². The van der Waals surface area contributed by atoms with Crippen molar-refractivity contribution in [1.82, 2.24) is 0 Å². The fourth-order valence-corrected chi connectivity index (χ4v) is 2.72. The lowest BCUT2D eigenvalue weighted by Gasteiger charge is -2.19. The van der Waals surface area contributed by atoms with E-state index in [0.29, 0.717) is 6.29 Å². The van der Waals surface area contributed by atoms with Crippen LogP contribution in [-0.2, 0) is 22.4 Å². The van der Waals surface area contributed by atoms with Crippen LogP contribution in [0.25, 0.3) is 11.0 Å². The number of carbonyl (C=O) groups is 3. The van der Waals surface area contributed by atoms with Gasteiger partial charge in [-0.15, -0.1) is 0 Å². The van der Waals surface area contributed by atoms with Crippen molar-refractivity contribution < 1.29 is 34.1 Å². The summed E-state index contributed by atoms with van der Waals surface area (Å²) >= 11 is 0. The van der Waals surface area contributed by atoms with Gasteiger partial charge in [-0.1, -0.05) is 0 Å². The number of aldehydes is 1. The molecule has 1 aromatic heterocycles. The molecule has 118 valence electrons. The normalized spacial score (nSPS) is 17.0. The van der Waals surface area contributed by atoms with Crippen LogP contribution in [0.1, 0.15) is 21.7 Å². The highest BCUT2D eigenvalue weighted by Crippen LogP contribution is 2.36. The molecule has 0 radical (unpaired) electrons. The third-order valence-corrected chi connectivity index (χ3v) is 3.87. The van der Waals surface area contributed by atoms with Crippen molar-refractivity contribution in [2.45, 2.75) is 12.8 Å². The molecule has 3 N–H and O–H groups in total. The van der Waals surface area contributed by atoms with E-state index in [9.17, 15) is 34.5 Å². The molecule has 0 amide bonds. The Balaban J connectivity index is 2.42. The molecule has 0 saturated heterocycles. The molecule has 1 unspecified atom stereocenters. The zero-order chi connectivity index (χ0) is 16.9. The lowest BCUT2D eigenvalue weighted by Crippen LogP contribution is -2.31. The highest BCUT2D eigenvalue weighted by molar-refractivity contribution is 6.06. The van der Waals surface area contributed by atoms with Gasteiger partial charge in [-0.2, -0.15) is 0 Å². The summed E-state index contributed by atoms with van der Waals surface area (Å²) in [5, 5.41) is 28.1. The van der Waals surface area contributed by atoms with Gasteiger partial charge < -0.3 is 24.5 Å². The van der Waals surface area contributed by atoms with Gasteiger partial charge in [0.2, 0.25) is 0 Å². The van der Waals surface area contributed by atoms with E-state index in [1.807, 2.05) is 0 Å². The van der Waals surface area contributed by atoms with Gasteiger partial charge in [-0.05, 0) is 6.42 Å². The van der Waals surface area contributed by atoms with E-state index in [0.717, 1.165) is 6.07 Å². The van der Waals surface area contributed by atoms with Gasteiger partial charge in [0.25, 0.3) is 0 Å². The molecule has 1 atom stereocenters. The highest BCUT2D eigenvalue weighted by atomic mass is 16.4. The number of benzene rings is 1. The van der Waals surface area contributed by atoms with Gasteiger partial charge in [-0.25, -0.2) is 4.79 Å². The summed E-state index contributed by atoms with van der Waals surface area (Å²) in [5.41, 5.74) is -1.75. The van der Waals surface area contributed by atoms with Crippen molar-refractivity contribution in [1.29, 1.82) is 0 Å². The van der Waals surface area contributed by atoms with Crippen LogP contribution in [0.15, 0.2) is 15.3 Å². The Morgan fingerprint density at radius 2 is 2.00 bits per heavy atom. The number of Topliss-reactive ketones (excluding diaryl/α,β-unsaturated/α-hetero) is 1. The second-order valence-electron chi connectivity index (χ2n) is 5.22. The Morgan fingerprint density at radius 3 is 2.61 bits per heavy atom. The molecule has 8 heteroatoms. The van der Waals surface area contributed by atoms with Crippen molar-refractivity contribution in [3.05, 3.63) is 33.2 Å². The molecule has 8 nitrogen and oxygen atoms in total. The monoisotopic (exact) mass is 318 g/mol.